The van der Waals surface area contributed by atoms with E-state index in [1.54, 1.807) is 7.05 Å². The third-order valence-corrected chi connectivity index (χ3v) is 2.31. The third kappa shape index (κ3) is 1.22. The van der Waals surface area contributed by atoms with E-state index in [0.29, 0.717) is 16.7 Å². The molecule has 0 unspecified atom stereocenters. The van der Waals surface area contributed by atoms with E-state index in [4.69, 9.17) is 5.73 Å². The van der Waals surface area contributed by atoms with E-state index >= 15 is 0 Å². The Bertz CT molecular complexity index is 653. The lowest BCUT2D eigenvalue weighted by Crippen LogP contribution is -2.37. The molecule has 2 aromatic heterocycles. The smallest absolute Gasteiger partial charge is 0.332 e. The average Bonchev–Trinajstić information content (AvgIpc) is 2.23. The van der Waals surface area contributed by atoms with Gasteiger partial charge in [-0.3, -0.25) is 13.9 Å². The lowest BCUT2D eigenvalue weighted by molar-refractivity contribution is 0.708. The predicted molar refractivity (Wildman–Crippen MR) is 56.6 cm³/mol. The Morgan fingerprint density at radius 2 is 1.93 bits per heavy atom. The molecule has 0 bridgehead atoms. The molecule has 15 heavy (non-hydrogen) atoms. The van der Waals surface area contributed by atoms with Crippen molar-refractivity contribution in [2.45, 2.75) is 0 Å². The van der Waals surface area contributed by atoms with Gasteiger partial charge >= 0.3 is 5.69 Å². The lowest BCUT2D eigenvalue weighted by Gasteiger charge is -2.06. The molecule has 6 nitrogen and oxygen atoms in total. The van der Waals surface area contributed by atoms with Gasteiger partial charge in [0.05, 0.1) is 17.3 Å². The first-order valence-corrected chi connectivity index (χ1v) is 4.33. The van der Waals surface area contributed by atoms with Crippen molar-refractivity contribution in [3.63, 3.8) is 0 Å². The molecule has 2 rings (SSSR count). The quantitative estimate of drug-likeness (QED) is 0.612. The van der Waals surface area contributed by atoms with Crippen LogP contribution >= 0.6 is 0 Å². The molecule has 0 aromatic carbocycles. The predicted octanol–water partition coefficient (Wildman–Crippen LogP) is -0.786. The Kier molecular flexibility index (Phi) is 1.85. The lowest BCUT2D eigenvalue weighted by atomic mass is 10.3. The topological polar surface area (TPSA) is 82.9 Å². The molecule has 2 heterocycles. The molecule has 0 saturated heterocycles. The van der Waals surface area contributed by atoms with Crippen molar-refractivity contribution in [1.82, 2.24) is 14.1 Å². The van der Waals surface area contributed by atoms with Gasteiger partial charge in [-0.25, -0.2) is 9.78 Å². The van der Waals surface area contributed by atoms with Crippen LogP contribution in [0.5, 0.6) is 0 Å². The molecule has 78 valence electrons. The summed E-state index contributed by atoms with van der Waals surface area (Å²) in [4.78, 5) is 27.2. The molecule has 0 atom stereocenters. The summed E-state index contributed by atoms with van der Waals surface area (Å²) in [5, 5.41) is 0.347. The highest BCUT2D eigenvalue weighted by Crippen LogP contribution is 2.07. The standard InChI is InChI=1S/C9H10N4O2/c1-12-7-6(3-5(10)4-11-7)8(14)13(2)9(12)15/h3-4H,10H2,1-2H3. The minimum absolute atomic E-state index is 0.345. The van der Waals surface area contributed by atoms with Crippen molar-refractivity contribution >= 4 is 16.7 Å². The Morgan fingerprint density at radius 3 is 2.60 bits per heavy atom. The summed E-state index contributed by atoms with van der Waals surface area (Å²) in [6.07, 6.45) is 1.42. The third-order valence-electron chi connectivity index (χ3n) is 2.31. The summed E-state index contributed by atoms with van der Waals surface area (Å²) in [7, 11) is 2.99. The van der Waals surface area contributed by atoms with E-state index in [2.05, 4.69) is 4.98 Å². The van der Waals surface area contributed by atoms with Gasteiger partial charge in [0, 0.05) is 14.1 Å². The number of pyridine rings is 1. The van der Waals surface area contributed by atoms with Gasteiger partial charge in [-0.15, -0.1) is 0 Å². The van der Waals surface area contributed by atoms with Gasteiger partial charge < -0.3 is 5.73 Å². The van der Waals surface area contributed by atoms with Crippen LogP contribution in [0.1, 0.15) is 0 Å². The first-order valence-electron chi connectivity index (χ1n) is 4.33. The number of nitrogen functional groups attached to an aromatic ring is 1. The molecule has 0 saturated carbocycles. The van der Waals surface area contributed by atoms with Crippen LogP contribution in [0.3, 0.4) is 0 Å². The molecule has 0 aliphatic rings. The van der Waals surface area contributed by atoms with Crippen molar-refractivity contribution in [2.24, 2.45) is 14.1 Å². The Morgan fingerprint density at radius 1 is 1.27 bits per heavy atom. The van der Waals surface area contributed by atoms with Crippen LogP contribution in [0.25, 0.3) is 11.0 Å². The zero-order chi connectivity index (χ0) is 11.2. The van der Waals surface area contributed by atoms with Gasteiger partial charge in [0.2, 0.25) is 0 Å². The minimum Gasteiger partial charge on any atom is -0.397 e. The van der Waals surface area contributed by atoms with Crippen LogP contribution in [0, 0.1) is 0 Å². The fourth-order valence-corrected chi connectivity index (χ4v) is 1.48. The summed E-state index contributed by atoms with van der Waals surface area (Å²) in [6, 6.07) is 1.52. The fraction of sp³-hybridized carbons (Fsp3) is 0.222. The van der Waals surface area contributed by atoms with Crippen LogP contribution in [0.15, 0.2) is 21.9 Å². The zero-order valence-electron chi connectivity index (χ0n) is 8.39. The Balaban J connectivity index is 3.15. The number of anilines is 1. The maximum atomic E-state index is 11.7. The molecule has 2 aromatic rings. The monoisotopic (exact) mass is 206 g/mol. The molecule has 6 heteroatoms. The molecular weight excluding hydrogens is 196 g/mol. The van der Waals surface area contributed by atoms with Gasteiger partial charge in [-0.2, -0.15) is 0 Å². The highest BCUT2D eigenvalue weighted by Gasteiger charge is 2.08. The number of nitrogens with two attached hydrogens (primary N) is 1. The summed E-state index contributed by atoms with van der Waals surface area (Å²) >= 11 is 0. The number of hydrogen-bond donors (Lipinski definition) is 1. The van der Waals surface area contributed by atoms with Crippen LogP contribution in [-0.4, -0.2) is 14.1 Å². The van der Waals surface area contributed by atoms with Crippen molar-refractivity contribution in [3.05, 3.63) is 33.1 Å². The average molecular weight is 206 g/mol. The number of aromatic nitrogens is 3. The fourth-order valence-electron chi connectivity index (χ4n) is 1.48. The Labute approximate surface area is 84.6 Å². The van der Waals surface area contributed by atoms with Crippen LogP contribution in [0.4, 0.5) is 5.69 Å². The largest absolute Gasteiger partial charge is 0.397 e. The van der Waals surface area contributed by atoms with Gasteiger partial charge in [-0.1, -0.05) is 0 Å². The molecule has 0 fully saturated rings. The van der Waals surface area contributed by atoms with Crippen molar-refractivity contribution in [3.8, 4) is 0 Å². The van der Waals surface area contributed by atoms with Crippen LogP contribution in [0.2, 0.25) is 0 Å². The maximum absolute atomic E-state index is 11.7. The van der Waals surface area contributed by atoms with E-state index in [0.717, 1.165) is 4.57 Å². The van der Waals surface area contributed by atoms with Crippen molar-refractivity contribution in [2.75, 3.05) is 5.73 Å². The van der Waals surface area contributed by atoms with E-state index in [1.165, 1.54) is 23.9 Å². The first kappa shape index (κ1) is 9.45. The number of fused-ring (bicyclic) bond motifs is 1. The number of aryl methyl sites for hydroxylation is 1. The molecule has 0 aliphatic heterocycles. The van der Waals surface area contributed by atoms with Crippen LogP contribution in [-0.2, 0) is 14.1 Å². The van der Waals surface area contributed by atoms with Gasteiger partial charge in [0.15, 0.2) is 0 Å². The van der Waals surface area contributed by atoms with Crippen molar-refractivity contribution in [1.29, 1.82) is 0 Å². The number of rotatable bonds is 0. The molecule has 2 N–H and O–H groups in total. The Hall–Kier alpha value is -2.11. The second kappa shape index (κ2) is 2.94. The molecule has 0 aliphatic carbocycles. The summed E-state index contributed by atoms with van der Waals surface area (Å²) in [6.45, 7) is 0. The van der Waals surface area contributed by atoms with E-state index < -0.39 is 5.69 Å². The van der Waals surface area contributed by atoms with Crippen LogP contribution < -0.4 is 17.0 Å². The van der Waals surface area contributed by atoms with Crippen molar-refractivity contribution < 1.29 is 0 Å². The highest BCUT2D eigenvalue weighted by atomic mass is 16.2. The summed E-state index contributed by atoms with van der Waals surface area (Å²) < 4.78 is 2.35. The normalized spacial score (nSPS) is 10.8. The van der Waals surface area contributed by atoms with E-state index in [1.807, 2.05) is 0 Å². The van der Waals surface area contributed by atoms with E-state index in [9.17, 15) is 9.59 Å². The summed E-state index contributed by atoms with van der Waals surface area (Å²) in [5.41, 5.74) is 5.50. The molecular formula is C9H10N4O2. The van der Waals surface area contributed by atoms with Gasteiger partial charge in [0.1, 0.15) is 5.65 Å². The van der Waals surface area contributed by atoms with E-state index in [-0.39, 0.29) is 5.56 Å². The highest BCUT2D eigenvalue weighted by molar-refractivity contribution is 5.76. The first-order chi connectivity index (χ1) is 7.02. The minimum atomic E-state index is -0.398. The number of nitrogens with zero attached hydrogens (tertiary/aromatic N) is 3. The van der Waals surface area contributed by atoms with Gasteiger partial charge in [-0.05, 0) is 6.07 Å². The molecule has 0 radical (unpaired) electrons. The molecule has 0 amide bonds. The zero-order valence-corrected chi connectivity index (χ0v) is 8.39. The second-order valence-corrected chi connectivity index (χ2v) is 3.35. The van der Waals surface area contributed by atoms with Gasteiger partial charge in [0.25, 0.3) is 5.56 Å². The summed E-state index contributed by atoms with van der Waals surface area (Å²) in [5.74, 6) is 0. The maximum Gasteiger partial charge on any atom is 0.332 e. The number of hydrogen-bond acceptors (Lipinski definition) is 4. The molecule has 0 spiro atoms. The SMILES string of the molecule is Cn1c(=O)c2cc(N)cnc2n(C)c1=O. The second-order valence-electron chi connectivity index (χ2n) is 3.35.